The van der Waals surface area contributed by atoms with Crippen LogP contribution in [0.3, 0.4) is 0 Å². The van der Waals surface area contributed by atoms with Gasteiger partial charge in [-0.15, -0.1) is 0 Å². The van der Waals surface area contributed by atoms with E-state index in [4.69, 9.17) is 0 Å². The first kappa shape index (κ1) is 19.7. The summed E-state index contributed by atoms with van der Waals surface area (Å²) in [6, 6.07) is 20.7. The zero-order valence-corrected chi connectivity index (χ0v) is 18.6. The van der Waals surface area contributed by atoms with Gasteiger partial charge in [0.25, 0.3) is 10.0 Å². The number of hydrogen-bond donors (Lipinski definition) is 1. The summed E-state index contributed by atoms with van der Waals surface area (Å²) in [7, 11) is -1.64. The van der Waals surface area contributed by atoms with Gasteiger partial charge in [-0.2, -0.15) is 0 Å². The predicted molar refractivity (Wildman–Crippen MR) is 122 cm³/mol. The van der Waals surface area contributed by atoms with Gasteiger partial charge < -0.3 is 4.57 Å². The van der Waals surface area contributed by atoms with Crippen molar-refractivity contribution in [1.82, 2.24) is 4.57 Å². The molecule has 148 valence electrons. The van der Waals surface area contributed by atoms with Gasteiger partial charge in [-0.05, 0) is 54.4 Å². The van der Waals surface area contributed by atoms with Crippen LogP contribution in [0.15, 0.2) is 82.3 Å². The molecule has 0 fully saturated rings. The van der Waals surface area contributed by atoms with E-state index in [1.54, 1.807) is 30.3 Å². The average molecular weight is 469 g/mol. The Hall–Kier alpha value is -2.57. The summed E-state index contributed by atoms with van der Waals surface area (Å²) in [6.45, 7) is 1.93. The van der Waals surface area contributed by atoms with Gasteiger partial charge in [-0.3, -0.25) is 4.72 Å². The molecular weight excluding hydrogens is 448 g/mol. The van der Waals surface area contributed by atoms with Crippen molar-refractivity contribution in [1.29, 1.82) is 0 Å². The number of aryl methyl sites for hydroxylation is 2. The summed E-state index contributed by atoms with van der Waals surface area (Å²) in [5, 5.41) is 1.17. The number of hydrogen-bond acceptors (Lipinski definition) is 2. The number of nitrogens with one attached hydrogen (secondary N) is 1. The van der Waals surface area contributed by atoms with Gasteiger partial charge in [0.2, 0.25) is 0 Å². The number of rotatable bonds is 5. The lowest BCUT2D eigenvalue weighted by Gasteiger charge is -2.13. The van der Waals surface area contributed by atoms with Crippen LogP contribution in [-0.4, -0.2) is 13.0 Å². The zero-order chi connectivity index (χ0) is 20.6. The number of halogens is 1. The van der Waals surface area contributed by atoms with Crippen LogP contribution in [0.25, 0.3) is 10.9 Å². The normalized spacial score (nSPS) is 11.7. The topological polar surface area (TPSA) is 51.1 Å². The third-order valence-corrected chi connectivity index (χ3v) is 6.88. The molecule has 6 heteroatoms. The second-order valence-corrected chi connectivity index (χ2v) is 9.78. The lowest BCUT2D eigenvalue weighted by Crippen LogP contribution is -2.14. The Morgan fingerprint density at radius 3 is 2.45 bits per heavy atom. The first-order valence-electron chi connectivity index (χ1n) is 9.24. The summed E-state index contributed by atoms with van der Waals surface area (Å²) in [6.07, 6.45) is 2.72. The van der Waals surface area contributed by atoms with E-state index in [9.17, 15) is 8.42 Å². The van der Waals surface area contributed by atoms with Crippen molar-refractivity contribution in [2.45, 2.75) is 18.2 Å². The number of nitrogens with zero attached hydrogens (tertiary/aromatic N) is 1. The molecule has 0 aliphatic heterocycles. The maximum absolute atomic E-state index is 12.9. The third-order valence-electron chi connectivity index (χ3n) is 5.00. The molecule has 3 aromatic carbocycles. The van der Waals surface area contributed by atoms with Gasteiger partial charge in [-0.25, -0.2) is 8.42 Å². The lowest BCUT2D eigenvalue weighted by molar-refractivity contribution is 0.601. The monoisotopic (exact) mass is 468 g/mol. The fourth-order valence-corrected chi connectivity index (χ4v) is 5.01. The molecule has 0 aliphatic rings. The Labute approximate surface area is 179 Å². The first-order valence-corrected chi connectivity index (χ1v) is 11.5. The average Bonchev–Trinajstić information content (AvgIpc) is 3.00. The summed E-state index contributed by atoms with van der Waals surface area (Å²) < 4.78 is 31.6. The minimum atomic E-state index is -3.67. The van der Waals surface area contributed by atoms with E-state index < -0.39 is 10.0 Å². The van der Waals surface area contributed by atoms with Gasteiger partial charge in [0.1, 0.15) is 0 Å². The van der Waals surface area contributed by atoms with E-state index in [2.05, 4.69) is 43.5 Å². The molecule has 4 nitrogen and oxygen atoms in total. The molecule has 1 N–H and O–H groups in total. The van der Waals surface area contributed by atoms with Crippen molar-refractivity contribution >= 4 is 42.5 Å². The largest absolute Gasteiger partial charge is 0.350 e. The van der Waals surface area contributed by atoms with Crippen molar-refractivity contribution in [2.75, 3.05) is 4.72 Å². The van der Waals surface area contributed by atoms with E-state index >= 15 is 0 Å². The highest BCUT2D eigenvalue weighted by atomic mass is 79.9. The van der Waals surface area contributed by atoms with E-state index in [1.807, 2.05) is 38.2 Å². The Morgan fingerprint density at radius 1 is 0.966 bits per heavy atom. The van der Waals surface area contributed by atoms with Gasteiger partial charge in [0, 0.05) is 35.0 Å². The second kappa shape index (κ2) is 7.69. The molecule has 0 radical (unpaired) electrons. The van der Waals surface area contributed by atoms with Crippen LogP contribution in [0.5, 0.6) is 0 Å². The highest BCUT2D eigenvalue weighted by Crippen LogP contribution is 2.29. The van der Waals surface area contributed by atoms with E-state index in [0.717, 1.165) is 26.7 Å². The minimum absolute atomic E-state index is 0.252. The summed E-state index contributed by atoms with van der Waals surface area (Å²) in [5.74, 6) is 0. The number of aromatic nitrogens is 1. The molecule has 1 aromatic heterocycles. The van der Waals surface area contributed by atoms with Crippen LogP contribution in [0.1, 0.15) is 16.7 Å². The van der Waals surface area contributed by atoms with Crippen molar-refractivity contribution in [3.05, 3.63) is 94.1 Å². The van der Waals surface area contributed by atoms with Crippen LogP contribution < -0.4 is 4.72 Å². The molecule has 0 saturated carbocycles. The van der Waals surface area contributed by atoms with Crippen LogP contribution in [0, 0.1) is 6.92 Å². The molecular formula is C23H21BrN2O2S. The molecule has 0 bridgehead atoms. The maximum atomic E-state index is 12.9. The molecule has 0 saturated heterocycles. The zero-order valence-electron chi connectivity index (χ0n) is 16.2. The SMILES string of the molecule is Cc1ccc(S(=O)(=O)Nc2ccc(Br)cc2Cc2cn(C)c3ccccc23)cc1. The van der Waals surface area contributed by atoms with E-state index in [-0.39, 0.29) is 4.90 Å². The van der Waals surface area contributed by atoms with Gasteiger partial charge in [0.05, 0.1) is 10.6 Å². The fraction of sp³-hybridized carbons (Fsp3) is 0.130. The van der Waals surface area contributed by atoms with Gasteiger partial charge in [0.15, 0.2) is 0 Å². The Kier molecular flexibility index (Phi) is 5.23. The highest BCUT2D eigenvalue weighted by molar-refractivity contribution is 9.10. The summed E-state index contributed by atoms with van der Waals surface area (Å²) >= 11 is 3.51. The van der Waals surface area contributed by atoms with Crippen LogP contribution in [0.2, 0.25) is 0 Å². The Morgan fingerprint density at radius 2 is 1.69 bits per heavy atom. The van der Waals surface area contributed by atoms with Crippen molar-refractivity contribution < 1.29 is 8.42 Å². The number of sulfonamides is 1. The quantitative estimate of drug-likeness (QED) is 0.411. The third kappa shape index (κ3) is 4.09. The highest BCUT2D eigenvalue weighted by Gasteiger charge is 2.17. The predicted octanol–water partition coefficient (Wildman–Crippen LogP) is 5.64. The molecule has 0 atom stereocenters. The smallest absolute Gasteiger partial charge is 0.261 e. The molecule has 0 spiro atoms. The molecule has 0 aliphatic carbocycles. The van der Waals surface area contributed by atoms with Crippen LogP contribution in [-0.2, 0) is 23.5 Å². The Balaban J connectivity index is 1.72. The first-order chi connectivity index (χ1) is 13.8. The van der Waals surface area contributed by atoms with E-state index in [0.29, 0.717) is 12.1 Å². The Bertz CT molecular complexity index is 1290. The molecule has 29 heavy (non-hydrogen) atoms. The number of fused-ring (bicyclic) bond motifs is 1. The molecule has 0 amide bonds. The molecule has 0 unspecified atom stereocenters. The van der Waals surface area contributed by atoms with Gasteiger partial charge >= 0.3 is 0 Å². The van der Waals surface area contributed by atoms with Crippen molar-refractivity contribution in [2.24, 2.45) is 7.05 Å². The fourth-order valence-electron chi connectivity index (χ4n) is 3.50. The molecule has 4 rings (SSSR count). The summed E-state index contributed by atoms with van der Waals surface area (Å²) in [5.41, 5.74) is 4.81. The van der Waals surface area contributed by atoms with Crippen molar-refractivity contribution in [3.63, 3.8) is 0 Å². The second-order valence-electron chi connectivity index (χ2n) is 7.18. The minimum Gasteiger partial charge on any atom is -0.350 e. The maximum Gasteiger partial charge on any atom is 0.261 e. The van der Waals surface area contributed by atoms with Crippen molar-refractivity contribution in [3.8, 4) is 0 Å². The number of benzene rings is 3. The van der Waals surface area contributed by atoms with Crippen LogP contribution >= 0.6 is 15.9 Å². The summed E-state index contributed by atoms with van der Waals surface area (Å²) in [4.78, 5) is 0.252. The van der Waals surface area contributed by atoms with Gasteiger partial charge in [-0.1, -0.05) is 51.8 Å². The number of anilines is 1. The standard InChI is InChI=1S/C23H21BrN2O2S/c1-16-7-10-20(11-8-16)29(27,28)25-22-12-9-19(24)14-17(22)13-18-15-26(2)23-6-4-3-5-21(18)23/h3-12,14-15,25H,13H2,1-2H3. The van der Waals surface area contributed by atoms with Crippen LogP contribution in [0.4, 0.5) is 5.69 Å². The lowest BCUT2D eigenvalue weighted by atomic mass is 10.0. The molecule has 4 aromatic rings. The van der Waals surface area contributed by atoms with E-state index in [1.165, 1.54) is 5.39 Å². The molecule has 1 heterocycles. The number of para-hydroxylation sites is 1.